The van der Waals surface area contributed by atoms with Gasteiger partial charge in [0.05, 0.1) is 6.21 Å². The Morgan fingerprint density at radius 2 is 1.68 bits per heavy atom. The highest BCUT2D eigenvalue weighted by atomic mass is 16.2. The van der Waals surface area contributed by atoms with Crippen LogP contribution in [0.1, 0.15) is 54.1 Å². The van der Waals surface area contributed by atoms with Gasteiger partial charge in [-0.3, -0.25) is 4.79 Å². The molecule has 1 fully saturated rings. The number of carbonyl (C=O) groups excluding carboxylic acids is 1. The van der Waals surface area contributed by atoms with Crippen LogP contribution in [-0.4, -0.2) is 25.2 Å². The van der Waals surface area contributed by atoms with Crippen LogP contribution in [0.4, 0.5) is 5.69 Å². The highest BCUT2D eigenvalue weighted by Crippen LogP contribution is 2.20. The van der Waals surface area contributed by atoms with Crippen LogP contribution in [0.5, 0.6) is 0 Å². The molecule has 130 valence electrons. The number of hydrogen-bond donors (Lipinski definition) is 1. The topological polar surface area (TPSA) is 44.7 Å². The predicted octanol–water partition coefficient (Wildman–Crippen LogP) is 4.17. The summed E-state index contributed by atoms with van der Waals surface area (Å²) in [5.74, 6) is 0.317. The van der Waals surface area contributed by atoms with Gasteiger partial charge >= 0.3 is 0 Å². The fraction of sp³-hybridized carbons (Fsp3) is 0.333. The molecule has 1 heterocycles. The van der Waals surface area contributed by atoms with Crippen molar-refractivity contribution in [2.45, 2.75) is 32.6 Å². The first-order valence-corrected chi connectivity index (χ1v) is 8.92. The minimum Gasteiger partial charge on any atom is -0.372 e. The van der Waals surface area contributed by atoms with Gasteiger partial charge in [-0.25, -0.2) is 5.43 Å². The number of anilines is 1. The van der Waals surface area contributed by atoms with Gasteiger partial charge in [0, 0.05) is 24.3 Å². The molecule has 1 N–H and O–H groups in total. The average molecular weight is 335 g/mol. The predicted molar refractivity (Wildman–Crippen MR) is 103 cm³/mol. The van der Waals surface area contributed by atoms with Gasteiger partial charge in [0.1, 0.15) is 0 Å². The van der Waals surface area contributed by atoms with Gasteiger partial charge in [0.2, 0.25) is 0 Å². The van der Waals surface area contributed by atoms with Crippen LogP contribution in [0, 0.1) is 0 Å². The van der Waals surface area contributed by atoms with Gasteiger partial charge in [-0.1, -0.05) is 38.1 Å². The molecule has 4 heteroatoms. The Kier molecular flexibility index (Phi) is 5.49. The average Bonchev–Trinajstić information content (AvgIpc) is 3.17. The molecule has 0 bridgehead atoms. The molecule has 3 rings (SSSR count). The fourth-order valence-electron chi connectivity index (χ4n) is 3.00. The van der Waals surface area contributed by atoms with Crippen LogP contribution in [-0.2, 0) is 0 Å². The lowest BCUT2D eigenvalue weighted by Gasteiger charge is -2.17. The van der Waals surface area contributed by atoms with Gasteiger partial charge in [-0.15, -0.1) is 0 Å². The summed E-state index contributed by atoms with van der Waals surface area (Å²) in [6.45, 7) is 6.54. The molecule has 0 saturated carbocycles. The van der Waals surface area contributed by atoms with Crippen molar-refractivity contribution in [3.8, 4) is 0 Å². The molecule has 0 aromatic heterocycles. The Morgan fingerprint density at radius 1 is 1.04 bits per heavy atom. The minimum atomic E-state index is -0.192. The first-order chi connectivity index (χ1) is 12.1. The lowest BCUT2D eigenvalue weighted by molar-refractivity contribution is 0.0955. The Hall–Kier alpha value is -2.62. The third-order valence-electron chi connectivity index (χ3n) is 4.58. The zero-order valence-electron chi connectivity index (χ0n) is 14.9. The van der Waals surface area contributed by atoms with Crippen molar-refractivity contribution >= 4 is 17.8 Å². The van der Waals surface area contributed by atoms with Gasteiger partial charge in [0.15, 0.2) is 0 Å². The zero-order valence-corrected chi connectivity index (χ0v) is 14.9. The Morgan fingerprint density at radius 3 is 2.28 bits per heavy atom. The van der Waals surface area contributed by atoms with E-state index in [1.165, 1.54) is 24.1 Å². The first kappa shape index (κ1) is 17.2. The fourth-order valence-corrected chi connectivity index (χ4v) is 3.00. The van der Waals surface area contributed by atoms with Crippen LogP contribution in [0.15, 0.2) is 53.6 Å². The van der Waals surface area contributed by atoms with E-state index in [0.29, 0.717) is 11.5 Å². The molecule has 0 aliphatic carbocycles. The van der Waals surface area contributed by atoms with E-state index >= 15 is 0 Å². The smallest absolute Gasteiger partial charge is 0.271 e. The van der Waals surface area contributed by atoms with E-state index in [4.69, 9.17) is 0 Å². The molecule has 1 aliphatic heterocycles. The molecule has 0 radical (unpaired) electrons. The normalized spacial score (nSPS) is 14.4. The van der Waals surface area contributed by atoms with Gasteiger partial charge in [-0.05, 0) is 54.2 Å². The van der Waals surface area contributed by atoms with Crippen LogP contribution in [0.25, 0.3) is 0 Å². The number of carbonyl (C=O) groups is 1. The SMILES string of the molecule is CC(C)c1ccc(/C=N\NC(=O)c2ccc(N3CCCC3)cc2)cc1. The van der Waals surface area contributed by atoms with Crippen LogP contribution < -0.4 is 10.3 Å². The number of amides is 1. The second kappa shape index (κ2) is 7.97. The first-order valence-electron chi connectivity index (χ1n) is 8.92. The number of benzene rings is 2. The van der Waals surface area contributed by atoms with E-state index < -0.39 is 0 Å². The van der Waals surface area contributed by atoms with E-state index in [1.54, 1.807) is 6.21 Å². The standard InChI is InChI=1S/C21H25N3O/c1-16(2)18-7-5-17(6-8-18)15-22-23-21(25)19-9-11-20(12-10-19)24-13-3-4-14-24/h5-12,15-16H,3-4,13-14H2,1-2H3,(H,23,25)/b22-15-. The summed E-state index contributed by atoms with van der Waals surface area (Å²) in [6.07, 6.45) is 4.16. The van der Waals surface area contributed by atoms with Crippen LogP contribution in [0.2, 0.25) is 0 Å². The van der Waals surface area contributed by atoms with Gasteiger partial charge < -0.3 is 4.90 Å². The number of nitrogens with zero attached hydrogens (tertiary/aromatic N) is 2. The summed E-state index contributed by atoms with van der Waals surface area (Å²) in [5.41, 5.74) is 6.65. The van der Waals surface area contributed by atoms with E-state index in [9.17, 15) is 4.79 Å². The molecule has 0 unspecified atom stereocenters. The third-order valence-corrected chi connectivity index (χ3v) is 4.58. The molecule has 2 aromatic rings. The summed E-state index contributed by atoms with van der Waals surface area (Å²) in [4.78, 5) is 14.5. The second-order valence-corrected chi connectivity index (χ2v) is 6.76. The lowest BCUT2D eigenvalue weighted by Crippen LogP contribution is -2.19. The summed E-state index contributed by atoms with van der Waals surface area (Å²) in [7, 11) is 0. The maximum atomic E-state index is 12.2. The molecule has 25 heavy (non-hydrogen) atoms. The van der Waals surface area contributed by atoms with Crippen molar-refractivity contribution in [1.29, 1.82) is 0 Å². The van der Waals surface area contributed by atoms with Gasteiger partial charge in [-0.2, -0.15) is 5.10 Å². The Bertz CT molecular complexity index is 727. The molecular weight excluding hydrogens is 310 g/mol. The number of hydrazone groups is 1. The van der Waals surface area contributed by atoms with Crippen molar-refractivity contribution in [3.05, 3.63) is 65.2 Å². The second-order valence-electron chi connectivity index (χ2n) is 6.76. The van der Waals surface area contributed by atoms with Crippen molar-refractivity contribution < 1.29 is 4.79 Å². The highest BCUT2D eigenvalue weighted by Gasteiger charge is 2.12. The number of nitrogens with one attached hydrogen (secondary N) is 1. The molecule has 4 nitrogen and oxygen atoms in total. The molecule has 2 aromatic carbocycles. The molecule has 1 aliphatic rings. The Balaban J connectivity index is 1.56. The molecule has 0 spiro atoms. The van der Waals surface area contributed by atoms with E-state index in [0.717, 1.165) is 18.7 Å². The molecule has 1 amide bonds. The van der Waals surface area contributed by atoms with Crippen molar-refractivity contribution in [2.75, 3.05) is 18.0 Å². The number of hydrogen-bond acceptors (Lipinski definition) is 3. The van der Waals surface area contributed by atoms with Gasteiger partial charge in [0.25, 0.3) is 5.91 Å². The molecular formula is C21H25N3O. The summed E-state index contributed by atoms with van der Waals surface area (Å²) < 4.78 is 0. The molecule has 0 atom stereocenters. The van der Waals surface area contributed by atoms with Crippen molar-refractivity contribution in [1.82, 2.24) is 5.43 Å². The maximum absolute atomic E-state index is 12.2. The van der Waals surface area contributed by atoms with E-state index in [-0.39, 0.29) is 5.91 Å². The zero-order chi connectivity index (χ0) is 17.6. The third kappa shape index (κ3) is 4.47. The van der Waals surface area contributed by atoms with Crippen molar-refractivity contribution in [3.63, 3.8) is 0 Å². The Labute approximate surface area is 149 Å². The van der Waals surface area contributed by atoms with E-state index in [1.807, 2.05) is 36.4 Å². The largest absolute Gasteiger partial charge is 0.372 e. The summed E-state index contributed by atoms with van der Waals surface area (Å²) >= 11 is 0. The minimum absolute atomic E-state index is 0.192. The van der Waals surface area contributed by atoms with Crippen LogP contribution in [0.3, 0.4) is 0 Å². The van der Waals surface area contributed by atoms with Crippen LogP contribution >= 0.6 is 0 Å². The monoisotopic (exact) mass is 335 g/mol. The number of rotatable bonds is 5. The summed E-state index contributed by atoms with van der Waals surface area (Å²) in [5, 5.41) is 4.06. The molecule has 1 saturated heterocycles. The highest BCUT2D eigenvalue weighted by molar-refractivity contribution is 5.95. The summed E-state index contributed by atoms with van der Waals surface area (Å²) in [6, 6.07) is 15.9. The van der Waals surface area contributed by atoms with E-state index in [2.05, 4.69) is 41.4 Å². The quantitative estimate of drug-likeness (QED) is 0.658. The maximum Gasteiger partial charge on any atom is 0.271 e. The lowest BCUT2D eigenvalue weighted by atomic mass is 10.0. The van der Waals surface area contributed by atoms with Crippen molar-refractivity contribution in [2.24, 2.45) is 5.10 Å².